The van der Waals surface area contributed by atoms with Crippen molar-refractivity contribution >= 4 is 27.8 Å². The summed E-state index contributed by atoms with van der Waals surface area (Å²) in [7, 11) is 0. The summed E-state index contributed by atoms with van der Waals surface area (Å²) >= 11 is 1.79. The lowest BCUT2D eigenvalue weighted by Gasteiger charge is -2.40. The lowest BCUT2D eigenvalue weighted by atomic mass is 10.00. The van der Waals surface area contributed by atoms with Crippen molar-refractivity contribution in [1.29, 1.82) is 0 Å². The summed E-state index contributed by atoms with van der Waals surface area (Å²) in [6, 6.07) is 9.09. The maximum absolute atomic E-state index is 11.8. The molecule has 5 rings (SSSR count). The van der Waals surface area contributed by atoms with E-state index in [0.717, 1.165) is 58.5 Å². The summed E-state index contributed by atoms with van der Waals surface area (Å²) in [5.41, 5.74) is 6.64. The minimum atomic E-state index is -0.0223. The minimum absolute atomic E-state index is 0.0223. The zero-order chi connectivity index (χ0) is 22.1. The van der Waals surface area contributed by atoms with Gasteiger partial charge in [0.05, 0.1) is 5.69 Å². The lowest BCUT2D eigenvalue weighted by Crippen LogP contribution is -2.56. The van der Waals surface area contributed by atoms with Crippen molar-refractivity contribution in [3.63, 3.8) is 0 Å². The van der Waals surface area contributed by atoms with Crippen LogP contribution in [0.25, 0.3) is 21.5 Å². The molecule has 0 saturated carbocycles. The molecule has 170 valence electrons. The number of aryl methyl sites for hydroxylation is 2. The van der Waals surface area contributed by atoms with Crippen molar-refractivity contribution in [2.24, 2.45) is 0 Å². The van der Waals surface area contributed by atoms with Crippen LogP contribution in [-0.2, 0) is 11.2 Å². The summed E-state index contributed by atoms with van der Waals surface area (Å²) in [6.07, 6.45) is 4.62. The van der Waals surface area contributed by atoms with Crippen LogP contribution in [-0.4, -0.2) is 77.9 Å². The first-order chi connectivity index (χ1) is 15.6. The normalized spacial score (nSPS) is 19.7. The molecule has 0 bridgehead atoms. The Balaban J connectivity index is 1.27. The quantitative estimate of drug-likeness (QED) is 0.545. The molecule has 2 fully saturated rings. The van der Waals surface area contributed by atoms with Gasteiger partial charge in [0.25, 0.3) is 0 Å². The third-order valence-electron chi connectivity index (χ3n) is 7.14. The van der Waals surface area contributed by atoms with Crippen molar-refractivity contribution in [1.82, 2.24) is 19.7 Å². The van der Waals surface area contributed by atoms with Crippen LogP contribution in [0.4, 0.5) is 0 Å². The molecular weight excluding hydrogens is 416 g/mol. The number of benzene rings is 1. The fraction of sp³-hybridized carbons (Fsp3) is 0.500. The maximum atomic E-state index is 11.8. The molecule has 6 heteroatoms. The summed E-state index contributed by atoms with van der Waals surface area (Å²) < 4.78 is 0. The lowest BCUT2D eigenvalue weighted by molar-refractivity contribution is -0.119. The monoisotopic (exact) mass is 450 g/mol. The smallest absolute Gasteiger partial charge is 0.151 e. The average Bonchev–Trinajstić information content (AvgIpc) is 3.51. The van der Waals surface area contributed by atoms with E-state index in [4.69, 9.17) is 0 Å². The van der Waals surface area contributed by atoms with E-state index in [1.807, 2.05) is 0 Å². The van der Waals surface area contributed by atoms with Gasteiger partial charge in [0, 0.05) is 51.2 Å². The molecule has 1 N–H and O–H groups in total. The Hall–Kier alpha value is -1.99. The highest BCUT2D eigenvalue weighted by atomic mass is 32.1. The molecule has 1 unspecified atom stereocenters. The summed E-state index contributed by atoms with van der Waals surface area (Å²) in [5, 5.41) is 3.56. The van der Waals surface area contributed by atoms with E-state index < -0.39 is 0 Å². The number of piperazine rings is 1. The molecule has 0 aliphatic carbocycles. The predicted molar refractivity (Wildman–Crippen MR) is 133 cm³/mol. The van der Waals surface area contributed by atoms with Crippen LogP contribution in [0.15, 0.2) is 29.6 Å². The molecule has 4 heterocycles. The van der Waals surface area contributed by atoms with Crippen molar-refractivity contribution in [2.75, 3.05) is 45.8 Å². The number of aromatic nitrogens is 1. The minimum Gasteiger partial charge on any atom is -0.346 e. The number of carbonyl (C=O) groups is 1. The molecule has 3 aromatic rings. The second kappa shape index (κ2) is 9.48. The van der Waals surface area contributed by atoms with Crippen LogP contribution in [0.2, 0.25) is 0 Å². The second-order valence-corrected chi connectivity index (χ2v) is 10.4. The Morgan fingerprint density at radius 1 is 1.00 bits per heavy atom. The number of hydrogen-bond acceptors (Lipinski definition) is 5. The van der Waals surface area contributed by atoms with Crippen LogP contribution in [0.3, 0.4) is 0 Å². The predicted octanol–water partition coefficient (Wildman–Crippen LogP) is 4.29. The van der Waals surface area contributed by atoms with Gasteiger partial charge in [-0.25, -0.2) is 0 Å². The van der Waals surface area contributed by atoms with Crippen LogP contribution in [0.1, 0.15) is 29.5 Å². The number of fused-ring (bicyclic) bond motifs is 1. The molecule has 32 heavy (non-hydrogen) atoms. The van der Waals surface area contributed by atoms with Crippen molar-refractivity contribution in [2.45, 2.75) is 39.3 Å². The number of nitrogens with zero attached hydrogens (tertiary/aromatic N) is 3. The molecule has 1 atom stereocenters. The molecule has 0 radical (unpaired) electrons. The van der Waals surface area contributed by atoms with Crippen LogP contribution >= 0.6 is 11.3 Å². The van der Waals surface area contributed by atoms with Crippen molar-refractivity contribution < 1.29 is 4.79 Å². The van der Waals surface area contributed by atoms with Gasteiger partial charge in [-0.05, 0) is 67.8 Å². The van der Waals surface area contributed by atoms with E-state index in [9.17, 15) is 4.79 Å². The van der Waals surface area contributed by atoms with Crippen LogP contribution in [0.5, 0.6) is 0 Å². The fourth-order valence-electron chi connectivity index (χ4n) is 5.52. The molecule has 0 spiro atoms. The topological polar surface area (TPSA) is 42.6 Å². The molecule has 0 amide bonds. The summed E-state index contributed by atoms with van der Waals surface area (Å²) in [4.78, 5) is 24.1. The number of likely N-dealkylation sites (tertiary alicyclic amines) is 1. The largest absolute Gasteiger partial charge is 0.346 e. The Bertz CT molecular complexity index is 1050. The Morgan fingerprint density at radius 2 is 1.69 bits per heavy atom. The number of hydrogen-bond donors (Lipinski definition) is 1. The van der Waals surface area contributed by atoms with Gasteiger partial charge in [-0.15, -0.1) is 11.3 Å². The van der Waals surface area contributed by atoms with Gasteiger partial charge in [-0.2, -0.15) is 0 Å². The Morgan fingerprint density at radius 3 is 2.38 bits per heavy atom. The second-order valence-electron chi connectivity index (χ2n) is 9.44. The zero-order valence-electron chi connectivity index (χ0n) is 19.3. The number of H-pyrrole nitrogens is 1. The van der Waals surface area contributed by atoms with Crippen LogP contribution in [0, 0.1) is 13.8 Å². The highest BCUT2D eigenvalue weighted by Gasteiger charge is 2.29. The van der Waals surface area contributed by atoms with Gasteiger partial charge in [0.15, 0.2) is 6.29 Å². The zero-order valence-corrected chi connectivity index (χ0v) is 20.1. The number of thiophene rings is 1. The number of rotatable bonds is 7. The molecule has 1 aromatic carbocycles. The molecule has 5 nitrogen and oxygen atoms in total. The molecule has 2 aromatic heterocycles. The highest BCUT2D eigenvalue weighted by molar-refractivity contribution is 7.16. The maximum Gasteiger partial charge on any atom is 0.151 e. The van der Waals surface area contributed by atoms with E-state index in [-0.39, 0.29) is 6.17 Å². The summed E-state index contributed by atoms with van der Waals surface area (Å²) in [6.45, 7) is 11.6. The van der Waals surface area contributed by atoms with Crippen LogP contribution < -0.4 is 0 Å². The Labute approximate surface area is 195 Å². The van der Waals surface area contributed by atoms with Gasteiger partial charge >= 0.3 is 0 Å². The highest BCUT2D eigenvalue weighted by Crippen LogP contribution is 2.34. The molecule has 2 saturated heterocycles. The van der Waals surface area contributed by atoms with Crippen molar-refractivity contribution in [3.8, 4) is 11.3 Å². The first-order valence-electron chi connectivity index (χ1n) is 11.9. The number of nitrogens with one attached hydrogen (secondary N) is 1. The van der Waals surface area contributed by atoms with E-state index >= 15 is 0 Å². The van der Waals surface area contributed by atoms with E-state index in [2.05, 4.69) is 63.2 Å². The van der Waals surface area contributed by atoms with Gasteiger partial charge in [0.2, 0.25) is 0 Å². The summed E-state index contributed by atoms with van der Waals surface area (Å²) in [5.74, 6) is 0. The Kier molecular flexibility index (Phi) is 6.47. The van der Waals surface area contributed by atoms with Gasteiger partial charge < -0.3 is 14.7 Å². The molecular formula is C26H34N4OS. The number of aldehydes is 1. The average molecular weight is 451 g/mol. The third-order valence-corrected chi connectivity index (χ3v) is 7.97. The first-order valence-corrected chi connectivity index (χ1v) is 12.8. The van der Waals surface area contributed by atoms with Gasteiger partial charge in [-0.1, -0.05) is 17.2 Å². The van der Waals surface area contributed by atoms with E-state index in [0.29, 0.717) is 0 Å². The first kappa shape index (κ1) is 21.8. The van der Waals surface area contributed by atoms with Gasteiger partial charge in [-0.3, -0.25) is 9.80 Å². The van der Waals surface area contributed by atoms with E-state index in [1.165, 1.54) is 51.0 Å². The molecule has 2 aliphatic rings. The fourth-order valence-corrected chi connectivity index (χ4v) is 6.34. The van der Waals surface area contributed by atoms with Gasteiger partial charge in [0.1, 0.15) is 11.0 Å². The standard InChI is InChI=1S/C26H34N4OS/c1-19-15-20(2)17-21(16-19)25-22(23-6-14-32-26(23)27-25)5-9-28-10-12-30(13-11-28)24(18-31)29-7-3-4-8-29/h6,14-18,24,27H,3-5,7-13H2,1-2H3. The third kappa shape index (κ3) is 4.42. The SMILES string of the molecule is Cc1cc(C)cc(-c2[nH]c3sccc3c2CCN2CCN(C(C=O)N3CCCC3)CC2)c1. The molecule has 2 aliphatic heterocycles. The number of carbonyl (C=O) groups excluding carboxylic acids is 1. The van der Waals surface area contributed by atoms with Crippen molar-refractivity contribution in [3.05, 3.63) is 46.3 Å². The van der Waals surface area contributed by atoms with E-state index in [1.54, 1.807) is 11.3 Å². The number of aromatic amines is 1.